The molecular weight excluding hydrogens is 1580 g/mol. The fraction of sp³-hybridized carbons (Fsp3) is 0.938. The van der Waals surface area contributed by atoms with Crippen LogP contribution in [0.2, 0.25) is 0 Å². The molecule has 1 aliphatic carbocycles. The van der Waals surface area contributed by atoms with Crippen LogP contribution in [0.1, 0.15) is 433 Å². The number of hydrogen-bond acceptors (Lipinski definition) is 24. The fourth-order valence-corrected chi connectivity index (χ4v) is 17.7. The van der Waals surface area contributed by atoms with Crippen LogP contribution in [0.15, 0.2) is 12.2 Å². The highest BCUT2D eigenvalue weighted by atomic mass is 31.2. The van der Waals surface area contributed by atoms with E-state index in [9.17, 15) is 74.6 Å². The van der Waals surface area contributed by atoms with Crippen molar-refractivity contribution in [3.05, 3.63) is 12.2 Å². The molecule has 1 saturated carbocycles. The molecule has 0 aromatic rings. The second-order valence-electron chi connectivity index (χ2n) is 36.2. The van der Waals surface area contributed by atoms with Crippen LogP contribution in [0.5, 0.6) is 0 Å². The van der Waals surface area contributed by atoms with Gasteiger partial charge in [-0.2, -0.15) is 0 Å². The van der Waals surface area contributed by atoms with E-state index < -0.39 is 162 Å². The Balaban J connectivity index is 1.91. The van der Waals surface area contributed by atoms with Gasteiger partial charge in [-0.3, -0.25) is 28.2 Å². The lowest BCUT2D eigenvalue weighted by Crippen LogP contribution is -2.70. The summed E-state index contributed by atoms with van der Waals surface area (Å²) in [6.07, 6.45) is 30.4. The summed E-state index contributed by atoms with van der Waals surface area (Å²) in [6.45, 7) is 10.3. The summed E-state index contributed by atoms with van der Waals surface area (Å²) in [5.74, 6) is -1.60. The largest absolute Gasteiger partial charge is 0.472 e. The lowest BCUT2D eigenvalue weighted by molar-refractivity contribution is -0.360. The van der Waals surface area contributed by atoms with Crippen LogP contribution < -0.4 is 0 Å². The van der Waals surface area contributed by atoms with E-state index in [2.05, 4.69) is 53.7 Å². The van der Waals surface area contributed by atoms with Gasteiger partial charge in [-0.15, -0.1) is 0 Å². The van der Waals surface area contributed by atoms with Gasteiger partial charge in [0.25, 0.3) is 0 Å². The quantitative estimate of drug-likeness (QED) is 0.00889. The third-order valence-electron chi connectivity index (χ3n) is 24.8. The van der Waals surface area contributed by atoms with Crippen LogP contribution in [-0.2, 0) is 70.7 Å². The first kappa shape index (κ1) is 113. The first-order valence-electron chi connectivity index (χ1n) is 49.7. The van der Waals surface area contributed by atoms with Gasteiger partial charge in [-0.1, -0.05) is 368 Å². The van der Waals surface area contributed by atoms with Crippen LogP contribution in [0, 0.1) is 11.8 Å². The zero-order chi connectivity index (χ0) is 89.2. The lowest BCUT2D eigenvalue weighted by Gasteiger charge is -2.50. The Morgan fingerprint density at radius 1 is 0.344 bits per heavy atom. The maximum absolute atomic E-state index is 15.0. The monoisotopic (exact) mass is 1760 g/mol. The molecule has 3 fully saturated rings. The van der Waals surface area contributed by atoms with Crippen LogP contribution in [0.4, 0.5) is 0 Å². The number of ether oxygens (including phenoxy) is 8. The Hall–Kier alpha value is -2.79. The minimum atomic E-state index is -5.81. The average Bonchev–Trinajstić information content (AvgIpc) is 0.753. The molecule has 20 atom stereocenters. The lowest BCUT2D eigenvalue weighted by atomic mass is 9.84. The molecule has 2 saturated heterocycles. The smallest absolute Gasteiger partial charge is 0.463 e. The van der Waals surface area contributed by atoms with Crippen molar-refractivity contribution in [3.8, 4) is 0 Å². The van der Waals surface area contributed by atoms with Gasteiger partial charge >= 0.3 is 31.7 Å². The normalized spacial score (nSPS) is 25.0. The summed E-state index contributed by atoms with van der Waals surface area (Å²) in [6, 6.07) is 0. The first-order valence-corrected chi connectivity index (χ1v) is 51.2. The highest BCUT2D eigenvalue weighted by Gasteiger charge is 2.60. The van der Waals surface area contributed by atoms with Gasteiger partial charge in [0.15, 0.2) is 24.8 Å². The number of rotatable bonds is 80. The van der Waals surface area contributed by atoms with Crippen molar-refractivity contribution >= 4 is 31.7 Å². The number of aliphatic hydroxyl groups is 9. The molecule has 26 heteroatoms. The second kappa shape index (κ2) is 72.9. The molecule has 0 amide bonds. The Kier molecular flexibility index (Phi) is 67.8. The molecule has 3 aliphatic rings. The molecule has 2 heterocycles. The SMILES string of the molecule is CCCCCC/C=C\CCCCCCCCCC(=O)OCC(COP(=O)(O)OC1C(OC2OC(CO)C(O)C(O)C2O)C(O)C(O)C(OC(=O)CCCCCCCCCCCCCCCCCC)C1OC1OC(COC(=O)CCCCCCCCC(C)CCCCCCCC)C(O)C(O)C1O)OC(=O)CCCCCCCCC(C)CCCCCCCC. The van der Waals surface area contributed by atoms with Crippen LogP contribution in [0.25, 0.3) is 0 Å². The Bertz CT molecular complexity index is 2610. The fourth-order valence-electron chi connectivity index (χ4n) is 16.7. The number of aliphatic hydroxyl groups excluding tert-OH is 9. The number of hydrogen-bond donors (Lipinski definition) is 10. The summed E-state index contributed by atoms with van der Waals surface area (Å²) >= 11 is 0. The molecule has 2 aliphatic heterocycles. The van der Waals surface area contributed by atoms with Gasteiger partial charge in [-0.25, -0.2) is 4.57 Å². The minimum absolute atomic E-state index is 0.0158. The number of allylic oxidation sites excluding steroid dienone is 2. The molecule has 25 nitrogen and oxygen atoms in total. The van der Waals surface area contributed by atoms with E-state index in [-0.39, 0.29) is 25.7 Å². The number of esters is 4. The van der Waals surface area contributed by atoms with Crippen molar-refractivity contribution in [2.24, 2.45) is 11.8 Å². The topological polar surface area (TPSA) is 380 Å². The van der Waals surface area contributed by atoms with E-state index in [4.69, 9.17) is 46.9 Å². The predicted octanol–water partition coefficient (Wildman–Crippen LogP) is 19.2. The van der Waals surface area contributed by atoms with Gasteiger partial charge in [0.2, 0.25) is 0 Å². The predicted molar refractivity (Wildman–Crippen MR) is 476 cm³/mol. The zero-order valence-electron chi connectivity index (χ0n) is 77.1. The molecule has 0 aromatic heterocycles. The highest BCUT2D eigenvalue weighted by Crippen LogP contribution is 2.49. The standard InChI is InChI=1S/C96H179O25P/c1-7-11-15-19-23-25-27-29-31-33-35-37-39-41-52-61-69-82(101)118-91-87(106)88(107)92(119-95-89(108)85(104)83(102)77(70-97)116-95)94(93(91)120-96-90(109)86(105)84(103)78(117-96)73-113-80(99)67-59-51-44-42-48-56-64-74(5)62-54-46-21-17-13-9-3)121-122(110,111)114-72-76(71-112-79(98)66-58-50-40-38-36-34-32-30-28-26-24-20-16-12-8-2)115-81(100)68-60-53-45-43-49-57-65-75(6)63-55-47-22-18-14-10-4/h26,28,74-78,83-97,102-109H,7-25,27,29-73H2,1-6H3,(H,110,111)/b28-26-. The number of carbonyl (C=O) groups excluding carboxylic acids is 4. The van der Waals surface area contributed by atoms with Crippen molar-refractivity contribution in [3.63, 3.8) is 0 Å². The molecule has 0 bridgehead atoms. The molecule has 10 N–H and O–H groups in total. The van der Waals surface area contributed by atoms with E-state index in [0.717, 1.165) is 148 Å². The summed E-state index contributed by atoms with van der Waals surface area (Å²) in [4.78, 5) is 66.7. The molecule has 0 spiro atoms. The Morgan fingerprint density at radius 2 is 0.664 bits per heavy atom. The van der Waals surface area contributed by atoms with Gasteiger partial charge in [0.1, 0.15) is 92.6 Å². The van der Waals surface area contributed by atoms with E-state index in [1.54, 1.807) is 0 Å². The van der Waals surface area contributed by atoms with E-state index in [0.29, 0.717) is 43.9 Å². The number of carbonyl (C=O) groups is 4. The van der Waals surface area contributed by atoms with E-state index >= 15 is 0 Å². The molecule has 122 heavy (non-hydrogen) atoms. The summed E-state index contributed by atoms with van der Waals surface area (Å²) < 4.78 is 73.7. The Morgan fingerprint density at radius 3 is 1.07 bits per heavy atom. The maximum atomic E-state index is 15.0. The maximum Gasteiger partial charge on any atom is 0.472 e. The van der Waals surface area contributed by atoms with Crippen LogP contribution >= 0.6 is 7.82 Å². The molecule has 718 valence electrons. The van der Waals surface area contributed by atoms with Crippen molar-refractivity contribution in [2.75, 3.05) is 26.4 Å². The van der Waals surface area contributed by atoms with Gasteiger partial charge in [0, 0.05) is 25.7 Å². The highest BCUT2D eigenvalue weighted by molar-refractivity contribution is 7.47. The first-order chi connectivity index (χ1) is 59.0. The molecule has 3 rings (SSSR count). The zero-order valence-corrected chi connectivity index (χ0v) is 78.0. The van der Waals surface area contributed by atoms with Crippen molar-refractivity contribution in [1.29, 1.82) is 0 Å². The summed E-state index contributed by atoms with van der Waals surface area (Å²) in [5, 5.41) is 103. The second-order valence-corrected chi connectivity index (χ2v) is 37.6. The van der Waals surface area contributed by atoms with Gasteiger partial charge in [-0.05, 0) is 63.2 Å². The molecule has 0 radical (unpaired) electrons. The summed E-state index contributed by atoms with van der Waals surface area (Å²) in [5.41, 5.74) is 0. The van der Waals surface area contributed by atoms with E-state index in [1.165, 1.54) is 186 Å². The number of phosphoric acid groups is 1. The number of phosphoric ester groups is 1. The van der Waals surface area contributed by atoms with Crippen molar-refractivity contribution < 1.29 is 122 Å². The molecule has 20 unspecified atom stereocenters. The third-order valence-corrected chi connectivity index (χ3v) is 25.8. The van der Waals surface area contributed by atoms with E-state index in [1.807, 2.05) is 0 Å². The minimum Gasteiger partial charge on any atom is -0.463 e. The molecule has 0 aromatic carbocycles. The van der Waals surface area contributed by atoms with Gasteiger partial charge < -0.3 is 88.7 Å². The van der Waals surface area contributed by atoms with Gasteiger partial charge in [0.05, 0.1) is 13.2 Å². The third kappa shape index (κ3) is 52.8. The summed E-state index contributed by atoms with van der Waals surface area (Å²) in [7, 11) is -5.81. The van der Waals surface area contributed by atoms with Crippen molar-refractivity contribution in [1.82, 2.24) is 0 Å². The average molecular weight is 1760 g/mol. The van der Waals surface area contributed by atoms with Crippen LogP contribution in [-0.4, -0.2) is 205 Å². The molecular formula is C96H179O25P. The Labute approximate surface area is 737 Å². The number of unbranched alkanes of at least 4 members (excludes halogenated alkanes) is 46. The van der Waals surface area contributed by atoms with Crippen molar-refractivity contribution in [2.45, 2.75) is 537 Å². The van der Waals surface area contributed by atoms with Crippen LogP contribution in [0.3, 0.4) is 0 Å².